The van der Waals surface area contributed by atoms with Crippen molar-refractivity contribution >= 4 is 5.78 Å². The van der Waals surface area contributed by atoms with Gasteiger partial charge in [-0.2, -0.15) is 0 Å². The van der Waals surface area contributed by atoms with Gasteiger partial charge in [0.1, 0.15) is 17.3 Å². The maximum atomic E-state index is 11.2. The Hall–Kier alpha value is -2.37. The van der Waals surface area contributed by atoms with Crippen molar-refractivity contribution in [2.24, 2.45) is 5.73 Å². The molecule has 0 radical (unpaired) electrons. The van der Waals surface area contributed by atoms with Gasteiger partial charge in [-0.15, -0.1) is 0 Å². The molecule has 2 aromatic rings. The molecule has 2 aliphatic carbocycles. The molecule has 0 saturated carbocycles. The number of Topliss-reactive ketones (excluding diaryl/α,β-unsaturated/α-hetero) is 1. The maximum absolute atomic E-state index is 11.2. The summed E-state index contributed by atoms with van der Waals surface area (Å²) in [6, 6.07) is 13.1. The molecule has 182 valence electrons. The van der Waals surface area contributed by atoms with E-state index in [0.29, 0.717) is 24.7 Å². The number of ether oxygens (including phenoxy) is 2. The van der Waals surface area contributed by atoms with Crippen LogP contribution in [0, 0.1) is 0 Å². The molecule has 1 atom stereocenters. The summed E-state index contributed by atoms with van der Waals surface area (Å²) in [7, 11) is 3.38. The van der Waals surface area contributed by atoms with E-state index in [1.165, 1.54) is 36.0 Å². The number of carbonyl (C=O) groups is 1. The number of aryl methyl sites for hydroxylation is 2. The van der Waals surface area contributed by atoms with E-state index in [1.54, 1.807) is 14.2 Å². The Kier molecular flexibility index (Phi) is 12.0. The van der Waals surface area contributed by atoms with Gasteiger partial charge in [-0.25, -0.2) is 0 Å². The number of methoxy groups -OCH3 is 2. The van der Waals surface area contributed by atoms with E-state index in [1.807, 2.05) is 12.1 Å². The summed E-state index contributed by atoms with van der Waals surface area (Å²) in [5.41, 5.74) is 10.4. The monoisotopic (exact) mass is 454 g/mol. The molecule has 0 aromatic heterocycles. The SMILES string of the molecule is CCCN.CCCNC1CCc2ccc(OC)cc2C1.COc1ccc2c(c1)CC(=O)CC2. The molecule has 0 aliphatic heterocycles. The van der Waals surface area contributed by atoms with E-state index < -0.39 is 0 Å². The molecule has 2 aliphatic rings. The third-order valence-electron chi connectivity index (χ3n) is 6.09. The van der Waals surface area contributed by atoms with Gasteiger partial charge in [0.15, 0.2) is 0 Å². The Morgan fingerprint density at radius 2 is 1.48 bits per heavy atom. The Bertz CT molecular complexity index is 864. The fourth-order valence-electron chi connectivity index (χ4n) is 4.10. The van der Waals surface area contributed by atoms with Crippen LogP contribution in [0.3, 0.4) is 0 Å². The molecule has 0 saturated heterocycles. The first kappa shape index (κ1) is 26.9. The highest BCUT2D eigenvalue weighted by molar-refractivity contribution is 5.83. The molecule has 1 unspecified atom stereocenters. The molecule has 33 heavy (non-hydrogen) atoms. The molecule has 0 heterocycles. The summed E-state index contributed by atoms with van der Waals surface area (Å²) < 4.78 is 10.4. The number of ketones is 1. The van der Waals surface area contributed by atoms with Crippen LogP contribution in [-0.4, -0.2) is 39.1 Å². The number of fused-ring (bicyclic) bond motifs is 2. The van der Waals surface area contributed by atoms with E-state index in [-0.39, 0.29) is 0 Å². The first-order chi connectivity index (χ1) is 16.0. The fourth-order valence-corrected chi connectivity index (χ4v) is 4.10. The van der Waals surface area contributed by atoms with E-state index in [9.17, 15) is 4.79 Å². The summed E-state index contributed by atoms with van der Waals surface area (Å²) >= 11 is 0. The van der Waals surface area contributed by atoms with Gasteiger partial charge in [-0.3, -0.25) is 4.79 Å². The van der Waals surface area contributed by atoms with Gasteiger partial charge in [0.25, 0.3) is 0 Å². The second-order valence-electron chi connectivity index (χ2n) is 8.67. The normalized spacial score (nSPS) is 16.3. The van der Waals surface area contributed by atoms with Gasteiger partial charge in [-0.05, 0) is 98.1 Å². The van der Waals surface area contributed by atoms with Gasteiger partial charge < -0.3 is 20.5 Å². The number of hydrogen-bond acceptors (Lipinski definition) is 5. The quantitative estimate of drug-likeness (QED) is 0.664. The lowest BCUT2D eigenvalue weighted by Gasteiger charge is -2.25. The first-order valence-corrected chi connectivity index (χ1v) is 12.3. The zero-order valence-corrected chi connectivity index (χ0v) is 20.9. The van der Waals surface area contributed by atoms with Gasteiger partial charge in [0.2, 0.25) is 0 Å². The minimum Gasteiger partial charge on any atom is -0.497 e. The lowest BCUT2D eigenvalue weighted by Crippen LogP contribution is -2.34. The lowest BCUT2D eigenvalue weighted by molar-refractivity contribution is -0.118. The minimum absolute atomic E-state index is 0.334. The first-order valence-electron chi connectivity index (χ1n) is 12.3. The number of benzene rings is 2. The van der Waals surface area contributed by atoms with Crippen LogP contribution in [0.5, 0.6) is 11.5 Å². The highest BCUT2D eigenvalue weighted by atomic mass is 16.5. The zero-order valence-electron chi connectivity index (χ0n) is 20.9. The Morgan fingerprint density at radius 1 is 0.879 bits per heavy atom. The highest BCUT2D eigenvalue weighted by Crippen LogP contribution is 2.26. The van der Waals surface area contributed by atoms with E-state index in [2.05, 4.69) is 43.4 Å². The molecule has 3 N–H and O–H groups in total. The van der Waals surface area contributed by atoms with Crippen molar-refractivity contribution < 1.29 is 14.3 Å². The Morgan fingerprint density at radius 3 is 2.06 bits per heavy atom. The van der Waals surface area contributed by atoms with Crippen LogP contribution >= 0.6 is 0 Å². The summed E-state index contributed by atoms with van der Waals surface area (Å²) in [5, 5.41) is 3.61. The van der Waals surface area contributed by atoms with Crippen LogP contribution in [0.15, 0.2) is 36.4 Å². The van der Waals surface area contributed by atoms with Crippen molar-refractivity contribution in [1.29, 1.82) is 0 Å². The molecule has 4 rings (SSSR count). The molecule has 5 nitrogen and oxygen atoms in total. The fraction of sp³-hybridized carbons (Fsp3) is 0.536. The largest absolute Gasteiger partial charge is 0.497 e. The molecule has 0 amide bonds. The topological polar surface area (TPSA) is 73.6 Å². The second kappa shape index (κ2) is 14.7. The number of carbonyl (C=O) groups excluding carboxylic acids is 1. The van der Waals surface area contributed by atoms with Crippen LogP contribution < -0.4 is 20.5 Å². The third-order valence-corrected chi connectivity index (χ3v) is 6.09. The Labute approximate surface area is 200 Å². The molecule has 5 heteroatoms. The summed E-state index contributed by atoms with van der Waals surface area (Å²) in [6.07, 6.45) is 8.07. The smallest absolute Gasteiger partial charge is 0.137 e. The van der Waals surface area contributed by atoms with E-state index >= 15 is 0 Å². The van der Waals surface area contributed by atoms with Crippen molar-refractivity contribution in [2.45, 2.75) is 71.3 Å². The number of rotatable bonds is 6. The molecular weight excluding hydrogens is 412 g/mol. The van der Waals surface area contributed by atoms with Crippen molar-refractivity contribution in [2.75, 3.05) is 27.3 Å². The number of nitrogens with one attached hydrogen (secondary N) is 1. The predicted molar refractivity (Wildman–Crippen MR) is 136 cm³/mol. The van der Waals surface area contributed by atoms with Crippen molar-refractivity contribution in [3.63, 3.8) is 0 Å². The van der Waals surface area contributed by atoms with Gasteiger partial charge in [0, 0.05) is 18.9 Å². The maximum Gasteiger partial charge on any atom is 0.137 e. The van der Waals surface area contributed by atoms with Gasteiger partial charge in [0.05, 0.1) is 14.2 Å². The molecule has 0 fully saturated rings. The molecule has 2 aromatic carbocycles. The number of hydrogen-bond donors (Lipinski definition) is 2. The standard InChI is InChI=1S/C14H21NO.C11H12O2.C3H9N/c1-3-8-15-13-6-4-11-5-7-14(16-2)10-12(11)9-13;1-13-11-5-3-8-2-4-10(12)6-9(8)7-11;1-2-3-4/h5,7,10,13,15H,3-4,6,8-9H2,1-2H3;3,5,7H,2,4,6H2,1H3;2-4H2,1H3. The predicted octanol–water partition coefficient (Wildman–Crippen LogP) is 4.66. The summed E-state index contributed by atoms with van der Waals surface area (Å²) in [5.74, 6) is 2.16. The highest BCUT2D eigenvalue weighted by Gasteiger charge is 2.18. The van der Waals surface area contributed by atoms with E-state index in [0.717, 1.165) is 49.4 Å². The molecular formula is C28H42N2O3. The van der Waals surface area contributed by atoms with Crippen LogP contribution in [-0.2, 0) is 30.5 Å². The van der Waals surface area contributed by atoms with Crippen LogP contribution in [0.25, 0.3) is 0 Å². The van der Waals surface area contributed by atoms with Gasteiger partial charge >= 0.3 is 0 Å². The average molecular weight is 455 g/mol. The molecule has 0 bridgehead atoms. The van der Waals surface area contributed by atoms with Gasteiger partial charge in [-0.1, -0.05) is 26.0 Å². The van der Waals surface area contributed by atoms with Crippen LogP contribution in [0.1, 0.15) is 61.8 Å². The van der Waals surface area contributed by atoms with E-state index in [4.69, 9.17) is 15.2 Å². The van der Waals surface area contributed by atoms with Crippen molar-refractivity contribution in [3.8, 4) is 11.5 Å². The third kappa shape index (κ3) is 8.82. The lowest BCUT2D eigenvalue weighted by atomic mass is 9.88. The summed E-state index contributed by atoms with van der Waals surface area (Å²) in [4.78, 5) is 11.2. The number of nitrogens with two attached hydrogens (primary N) is 1. The van der Waals surface area contributed by atoms with Crippen LogP contribution in [0.4, 0.5) is 0 Å². The average Bonchev–Trinajstić information content (AvgIpc) is 2.86. The van der Waals surface area contributed by atoms with Crippen molar-refractivity contribution in [1.82, 2.24) is 5.32 Å². The minimum atomic E-state index is 0.334. The van der Waals surface area contributed by atoms with Crippen LogP contribution in [0.2, 0.25) is 0 Å². The van der Waals surface area contributed by atoms with Crippen molar-refractivity contribution in [3.05, 3.63) is 58.7 Å². The second-order valence-corrected chi connectivity index (χ2v) is 8.67. The molecule has 0 spiro atoms. The zero-order chi connectivity index (χ0) is 24.1. The Balaban J connectivity index is 0.000000204. The summed E-state index contributed by atoms with van der Waals surface area (Å²) in [6.45, 7) is 6.22.